The van der Waals surface area contributed by atoms with Crippen LogP contribution in [0.2, 0.25) is 5.82 Å². The van der Waals surface area contributed by atoms with Gasteiger partial charge in [0, 0.05) is 30.9 Å². The third-order valence-corrected chi connectivity index (χ3v) is 5.16. The Balaban J connectivity index is 1.78. The molecule has 0 fully saturated rings. The third-order valence-electron chi connectivity index (χ3n) is 5.16. The summed E-state index contributed by atoms with van der Waals surface area (Å²) >= 11 is 0. The topological polar surface area (TPSA) is 108 Å². The summed E-state index contributed by atoms with van der Waals surface area (Å²) in [5, 5.41) is 25.9. The van der Waals surface area contributed by atoms with E-state index in [9.17, 15) is 19.7 Å². The molecule has 8 heteroatoms. The predicted molar refractivity (Wildman–Crippen MR) is 110 cm³/mol. The maximum Gasteiger partial charge on any atom is 0.526 e. The summed E-state index contributed by atoms with van der Waals surface area (Å²) in [6.07, 6.45) is 0.493. The molecular formula is C21H25BN2O5. The van der Waals surface area contributed by atoms with E-state index in [0.29, 0.717) is 30.6 Å². The number of carbonyl (C=O) groups excluding carboxylic acids is 1. The second-order valence-electron chi connectivity index (χ2n) is 7.24. The number of carboxylic acid groups (broad SMARTS) is 1. The Bertz CT molecular complexity index is 918. The standard InChI is InChI=1S/C21H25BN2O5/c1-23-11-15-7-6-13(8-16(15)12-24-2)19(25)10-17-9-14-4-3-5-18(21(26)27)20(14)29-22(17)28/h3-8,17,23-24,28H,9-12H2,1-2H3,(H,26,27)/t17-/m1/s1. The van der Waals surface area contributed by atoms with Gasteiger partial charge in [-0.25, -0.2) is 4.79 Å². The molecule has 0 radical (unpaired) electrons. The first kappa shape index (κ1) is 21.0. The van der Waals surface area contributed by atoms with Crippen molar-refractivity contribution in [1.82, 2.24) is 10.6 Å². The van der Waals surface area contributed by atoms with Gasteiger partial charge in [-0.1, -0.05) is 24.3 Å². The van der Waals surface area contributed by atoms with Crippen LogP contribution in [0.15, 0.2) is 36.4 Å². The summed E-state index contributed by atoms with van der Waals surface area (Å²) in [5.41, 5.74) is 3.46. The molecule has 0 unspecified atom stereocenters. The summed E-state index contributed by atoms with van der Waals surface area (Å²) in [5.74, 6) is -1.45. The van der Waals surface area contributed by atoms with Crippen LogP contribution in [0.4, 0.5) is 0 Å². The molecule has 1 atom stereocenters. The van der Waals surface area contributed by atoms with Gasteiger partial charge in [-0.3, -0.25) is 4.79 Å². The van der Waals surface area contributed by atoms with Gasteiger partial charge in [-0.05, 0) is 49.3 Å². The smallest absolute Gasteiger partial charge is 0.526 e. The molecule has 0 spiro atoms. The summed E-state index contributed by atoms with van der Waals surface area (Å²) in [6.45, 7) is 1.36. The lowest BCUT2D eigenvalue weighted by molar-refractivity contribution is 0.0693. The Morgan fingerprint density at radius 2 is 1.86 bits per heavy atom. The number of benzene rings is 2. The lowest BCUT2D eigenvalue weighted by Gasteiger charge is -2.28. The highest BCUT2D eigenvalue weighted by Crippen LogP contribution is 2.36. The monoisotopic (exact) mass is 396 g/mol. The fourth-order valence-corrected chi connectivity index (χ4v) is 3.70. The number of ketones is 1. The number of para-hydroxylation sites is 1. The van der Waals surface area contributed by atoms with Crippen molar-refractivity contribution in [3.05, 3.63) is 64.2 Å². The molecule has 2 aromatic rings. The molecule has 0 aromatic heterocycles. The van der Waals surface area contributed by atoms with Crippen LogP contribution < -0.4 is 15.3 Å². The Hall–Kier alpha value is -2.68. The molecular weight excluding hydrogens is 371 g/mol. The van der Waals surface area contributed by atoms with E-state index in [1.54, 1.807) is 18.2 Å². The molecule has 1 aliphatic heterocycles. The van der Waals surface area contributed by atoms with Gasteiger partial charge in [0.15, 0.2) is 5.78 Å². The van der Waals surface area contributed by atoms with Crippen LogP contribution in [0, 0.1) is 0 Å². The van der Waals surface area contributed by atoms with E-state index in [1.165, 1.54) is 6.07 Å². The molecule has 0 saturated carbocycles. The average Bonchev–Trinajstić information content (AvgIpc) is 2.69. The van der Waals surface area contributed by atoms with Crippen molar-refractivity contribution >= 4 is 18.9 Å². The zero-order valence-electron chi connectivity index (χ0n) is 16.6. The highest BCUT2D eigenvalue weighted by Gasteiger charge is 2.37. The van der Waals surface area contributed by atoms with E-state index in [2.05, 4.69) is 10.6 Å². The summed E-state index contributed by atoms with van der Waals surface area (Å²) < 4.78 is 5.49. The molecule has 0 bridgehead atoms. The lowest BCUT2D eigenvalue weighted by atomic mass is 9.64. The number of fused-ring (bicyclic) bond motifs is 1. The van der Waals surface area contributed by atoms with Crippen LogP contribution in [-0.2, 0) is 19.5 Å². The Morgan fingerprint density at radius 3 is 2.55 bits per heavy atom. The maximum atomic E-state index is 12.9. The van der Waals surface area contributed by atoms with Gasteiger partial charge in [0.25, 0.3) is 0 Å². The van der Waals surface area contributed by atoms with E-state index in [1.807, 2.05) is 26.2 Å². The Kier molecular flexibility index (Phi) is 6.69. The number of Topliss-reactive ketones (excluding diaryl/α,β-unsaturated/α-hetero) is 1. The first-order chi connectivity index (χ1) is 13.9. The first-order valence-corrected chi connectivity index (χ1v) is 9.58. The third kappa shape index (κ3) is 4.67. The minimum Gasteiger partial charge on any atom is -0.535 e. The van der Waals surface area contributed by atoms with Gasteiger partial charge in [0.1, 0.15) is 5.75 Å². The number of hydrogen-bond acceptors (Lipinski definition) is 6. The summed E-state index contributed by atoms with van der Waals surface area (Å²) in [7, 11) is 2.50. The second-order valence-corrected chi connectivity index (χ2v) is 7.24. The van der Waals surface area contributed by atoms with Crippen LogP contribution in [0.3, 0.4) is 0 Å². The SMILES string of the molecule is CNCc1ccc(C(=O)C[C@H]2Cc3cccc(C(=O)O)c3OB2O)cc1CNC. The lowest BCUT2D eigenvalue weighted by Crippen LogP contribution is -2.35. The molecule has 0 amide bonds. The van der Waals surface area contributed by atoms with E-state index in [4.69, 9.17) is 4.65 Å². The molecule has 4 N–H and O–H groups in total. The van der Waals surface area contributed by atoms with Crippen molar-refractivity contribution in [1.29, 1.82) is 0 Å². The van der Waals surface area contributed by atoms with Crippen molar-refractivity contribution in [2.24, 2.45) is 0 Å². The molecule has 0 saturated heterocycles. The number of carboxylic acids is 1. The van der Waals surface area contributed by atoms with Crippen LogP contribution in [0.25, 0.3) is 0 Å². The van der Waals surface area contributed by atoms with Gasteiger partial charge in [-0.15, -0.1) is 0 Å². The highest BCUT2D eigenvalue weighted by molar-refractivity contribution is 6.47. The molecule has 7 nitrogen and oxygen atoms in total. The van der Waals surface area contributed by atoms with Crippen LogP contribution in [0.1, 0.15) is 43.8 Å². The van der Waals surface area contributed by atoms with Crippen molar-refractivity contribution in [3.8, 4) is 5.75 Å². The van der Waals surface area contributed by atoms with Crippen molar-refractivity contribution in [3.63, 3.8) is 0 Å². The number of hydrogen-bond donors (Lipinski definition) is 4. The minimum atomic E-state index is -1.23. The average molecular weight is 396 g/mol. The predicted octanol–water partition coefficient (Wildman–Crippen LogP) is 1.88. The normalized spacial score (nSPS) is 15.6. The Morgan fingerprint density at radius 1 is 1.14 bits per heavy atom. The second kappa shape index (κ2) is 9.22. The summed E-state index contributed by atoms with van der Waals surface area (Å²) in [4.78, 5) is 24.2. The molecule has 3 rings (SSSR count). The summed E-state index contributed by atoms with van der Waals surface area (Å²) in [6, 6.07) is 10.5. The highest BCUT2D eigenvalue weighted by atomic mass is 16.5. The molecule has 152 valence electrons. The van der Waals surface area contributed by atoms with E-state index in [-0.39, 0.29) is 23.5 Å². The molecule has 29 heavy (non-hydrogen) atoms. The first-order valence-electron chi connectivity index (χ1n) is 9.58. The number of rotatable bonds is 8. The van der Waals surface area contributed by atoms with Gasteiger partial charge in [-0.2, -0.15) is 0 Å². The van der Waals surface area contributed by atoms with Crippen molar-refractivity contribution in [2.75, 3.05) is 14.1 Å². The van der Waals surface area contributed by atoms with Gasteiger partial charge < -0.3 is 25.4 Å². The van der Waals surface area contributed by atoms with E-state index < -0.39 is 18.9 Å². The molecule has 0 aliphatic carbocycles. The van der Waals surface area contributed by atoms with Crippen molar-refractivity contribution in [2.45, 2.75) is 31.7 Å². The zero-order chi connectivity index (χ0) is 21.0. The van der Waals surface area contributed by atoms with Crippen LogP contribution in [0.5, 0.6) is 5.75 Å². The van der Waals surface area contributed by atoms with Gasteiger partial charge >= 0.3 is 13.1 Å². The van der Waals surface area contributed by atoms with Crippen molar-refractivity contribution < 1.29 is 24.4 Å². The van der Waals surface area contributed by atoms with E-state index in [0.717, 1.165) is 11.1 Å². The zero-order valence-corrected chi connectivity index (χ0v) is 16.6. The van der Waals surface area contributed by atoms with Gasteiger partial charge in [0.05, 0.1) is 5.56 Å². The fraction of sp³-hybridized carbons (Fsp3) is 0.333. The number of nitrogens with one attached hydrogen (secondary N) is 2. The maximum absolute atomic E-state index is 12.9. The van der Waals surface area contributed by atoms with E-state index >= 15 is 0 Å². The Labute approximate surface area is 170 Å². The largest absolute Gasteiger partial charge is 0.535 e. The van der Waals surface area contributed by atoms with Crippen LogP contribution in [-0.4, -0.2) is 43.1 Å². The van der Waals surface area contributed by atoms with Crippen LogP contribution >= 0.6 is 0 Å². The number of carbonyl (C=O) groups is 2. The fourth-order valence-electron chi connectivity index (χ4n) is 3.70. The molecule has 1 aliphatic rings. The quantitative estimate of drug-likeness (QED) is 0.399. The molecule has 2 aromatic carbocycles. The van der Waals surface area contributed by atoms with Gasteiger partial charge in [0.2, 0.25) is 0 Å². The molecule has 1 heterocycles. The number of aromatic carboxylic acids is 1. The minimum absolute atomic E-state index is 0.0168.